The Morgan fingerprint density at radius 1 is 1.17 bits per heavy atom. The van der Waals surface area contributed by atoms with Crippen LogP contribution in [0.5, 0.6) is 5.75 Å². The highest BCUT2D eigenvalue weighted by molar-refractivity contribution is 7.89. The Kier molecular flexibility index (Phi) is 4.90. The Balaban J connectivity index is 2.30. The third kappa shape index (κ3) is 4.67. The summed E-state index contributed by atoms with van der Waals surface area (Å²) in [5.41, 5.74) is 0.574. The maximum atomic E-state index is 12.4. The quantitative estimate of drug-likeness (QED) is 0.904. The summed E-state index contributed by atoms with van der Waals surface area (Å²) in [5, 5.41) is 0. The van der Waals surface area contributed by atoms with E-state index in [0.29, 0.717) is 5.56 Å². The standard InChI is InChI=1S/C14H13F3N2O3S/c1-10(11-5-4-8-18-9-11)19-23(20,21)13-7-3-2-6-12(13)22-14(15,16)17/h2-10,19H,1H3. The molecule has 5 nitrogen and oxygen atoms in total. The molecule has 1 heterocycles. The van der Waals surface area contributed by atoms with Crippen LogP contribution in [0.3, 0.4) is 0 Å². The molecule has 124 valence electrons. The van der Waals surface area contributed by atoms with Gasteiger partial charge in [0.25, 0.3) is 0 Å². The van der Waals surface area contributed by atoms with Crippen LogP contribution in [0.15, 0.2) is 53.7 Å². The first-order chi connectivity index (χ1) is 10.7. The molecular weight excluding hydrogens is 333 g/mol. The van der Waals surface area contributed by atoms with Crippen molar-refractivity contribution in [2.75, 3.05) is 0 Å². The molecule has 2 rings (SSSR count). The third-order valence-corrected chi connectivity index (χ3v) is 4.46. The molecule has 0 amide bonds. The van der Waals surface area contributed by atoms with Crippen LogP contribution in [0.1, 0.15) is 18.5 Å². The summed E-state index contributed by atoms with van der Waals surface area (Å²) in [6.07, 6.45) is -2.00. The fourth-order valence-corrected chi connectivity index (χ4v) is 3.24. The van der Waals surface area contributed by atoms with Crippen molar-refractivity contribution >= 4 is 10.0 Å². The van der Waals surface area contributed by atoms with Gasteiger partial charge in [0.05, 0.1) is 0 Å². The van der Waals surface area contributed by atoms with Gasteiger partial charge in [-0.1, -0.05) is 18.2 Å². The minimum atomic E-state index is -4.99. The van der Waals surface area contributed by atoms with Crippen LogP contribution in [0.25, 0.3) is 0 Å². The SMILES string of the molecule is CC(NS(=O)(=O)c1ccccc1OC(F)(F)F)c1cccnc1. The van der Waals surface area contributed by atoms with Gasteiger partial charge < -0.3 is 4.74 Å². The van der Waals surface area contributed by atoms with E-state index >= 15 is 0 Å². The molecule has 9 heteroatoms. The Morgan fingerprint density at radius 2 is 1.87 bits per heavy atom. The summed E-state index contributed by atoms with van der Waals surface area (Å²) in [7, 11) is -4.21. The van der Waals surface area contributed by atoms with Gasteiger partial charge in [-0.05, 0) is 30.7 Å². The summed E-state index contributed by atoms with van der Waals surface area (Å²) < 4.78 is 67.9. The van der Waals surface area contributed by atoms with E-state index in [9.17, 15) is 21.6 Å². The number of nitrogens with one attached hydrogen (secondary N) is 1. The van der Waals surface area contributed by atoms with E-state index in [1.165, 1.54) is 24.5 Å². The van der Waals surface area contributed by atoms with Crippen molar-refractivity contribution in [2.24, 2.45) is 0 Å². The number of pyridine rings is 1. The first-order valence-corrected chi connectivity index (χ1v) is 7.94. The maximum Gasteiger partial charge on any atom is 0.573 e. The van der Waals surface area contributed by atoms with Crippen LogP contribution in [0, 0.1) is 0 Å². The smallest absolute Gasteiger partial charge is 0.404 e. The molecule has 2 aromatic rings. The summed E-state index contributed by atoms with van der Waals surface area (Å²) >= 11 is 0. The van der Waals surface area contributed by atoms with Gasteiger partial charge in [0, 0.05) is 18.4 Å². The van der Waals surface area contributed by atoms with E-state index in [4.69, 9.17) is 0 Å². The first kappa shape index (κ1) is 17.2. The second kappa shape index (κ2) is 6.55. The van der Waals surface area contributed by atoms with Crippen molar-refractivity contribution in [2.45, 2.75) is 24.2 Å². The number of benzene rings is 1. The van der Waals surface area contributed by atoms with E-state index in [1.54, 1.807) is 19.1 Å². The van der Waals surface area contributed by atoms with Crippen molar-refractivity contribution < 1.29 is 26.3 Å². The Bertz CT molecular complexity index is 764. The van der Waals surface area contributed by atoms with Crippen molar-refractivity contribution in [3.8, 4) is 5.75 Å². The lowest BCUT2D eigenvalue weighted by atomic mass is 10.2. The van der Waals surface area contributed by atoms with Crippen molar-refractivity contribution in [1.82, 2.24) is 9.71 Å². The average molecular weight is 346 g/mol. The molecule has 0 radical (unpaired) electrons. The highest BCUT2D eigenvalue weighted by Crippen LogP contribution is 2.30. The van der Waals surface area contributed by atoms with Crippen molar-refractivity contribution in [3.63, 3.8) is 0 Å². The zero-order valence-electron chi connectivity index (χ0n) is 11.9. The molecule has 1 aromatic heterocycles. The topological polar surface area (TPSA) is 68.3 Å². The monoisotopic (exact) mass is 346 g/mol. The van der Waals surface area contributed by atoms with Crippen molar-refractivity contribution in [3.05, 3.63) is 54.4 Å². The second-order valence-corrected chi connectivity index (χ2v) is 6.31. The zero-order valence-corrected chi connectivity index (χ0v) is 12.7. The number of hydrogen-bond acceptors (Lipinski definition) is 4. The zero-order chi connectivity index (χ0) is 17.1. The molecule has 0 aliphatic heterocycles. The second-order valence-electron chi connectivity index (χ2n) is 4.62. The molecule has 23 heavy (non-hydrogen) atoms. The van der Waals surface area contributed by atoms with Crippen LogP contribution >= 0.6 is 0 Å². The third-order valence-electron chi connectivity index (χ3n) is 2.88. The van der Waals surface area contributed by atoms with Gasteiger partial charge in [0.1, 0.15) is 10.6 Å². The Morgan fingerprint density at radius 3 is 2.48 bits per heavy atom. The molecule has 0 saturated heterocycles. The Labute approximate surface area is 131 Å². The number of ether oxygens (including phenoxy) is 1. The summed E-state index contributed by atoms with van der Waals surface area (Å²) in [6.45, 7) is 1.56. The van der Waals surface area contributed by atoms with Crippen LogP contribution in [0.2, 0.25) is 0 Å². The highest BCUT2D eigenvalue weighted by atomic mass is 32.2. The number of hydrogen-bond donors (Lipinski definition) is 1. The first-order valence-electron chi connectivity index (χ1n) is 6.46. The molecule has 0 aliphatic rings. The summed E-state index contributed by atoms with van der Waals surface area (Å²) in [5.74, 6) is -0.786. The van der Waals surface area contributed by atoms with Crippen LogP contribution in [-0.4, -0.2) is 19.8 Å². The predicted octanol–water partition coefficient (Wildman–Crippen LogP) is 3.02. The Hall–Kier alpha value is -2.13. The minimum absolute atomic E-state index is 0.574. The molecule has 0 bridgehead atoms. The molecule has 0 spiro atoms. The van der Waals surface area contributed by atoms with E-state index in [1.807, 2.05) is 0 Å². The number of rotatable bonds is 5. The van der Waals surface area contributed by atoms with Gasteiger partial charge in [-0.25, -0.2) is 13.1 Å². The van der Waals surface area contributed by atoms with E-state index in [-0.39, 0.29) is 0 Å². The number of nitrogens with zero attached hydrogens (tertiary/aromatic N) is 1. The molecule has 0 saturated carbocycles. The van der Waals surface area contributed by atoms with Gasteiger partial charge in [0.2, 0.25) is 10.0 Å². The highest BCUT2D eigenvalue weighted by Gasteiger charge is 2.34. The van der Waals surface area contributed by atoms with E-state index in [0.717, 1.165) is 12.1 Å². The summed E-state index contributed by atoms with van der Waals surface area (Å²) in [6, 6.07) is 7.15. The van der Waals surface area contributed by atoms with Gasteiger partial charge >= 0.3 is 6.36 Å². The average Bonchev–Trinajstić information content (AvgIpc) is 2.46. The number of aromatic nitrogens is 1. The van der Waals surface area contributed by atoms with Crippen molar-refractivity contribution in [1.29, 1.82) is 0 Å². The van der Waals surface area contributed by atoms with Gasteiger partial charge in [-0.15, -0.1) is 13.2 Å². The molecule has 1 N–H and O–H groups in total. The number of alkyl halides is 3. The normalized spacial score (nSPS) is 13.6. The molecule has 1 aromatic carbocycles. The molecule has 1 atom stereocenters. The maximum absolute atomic E-state index is 12.4. The molecule has 0 fully saturated rings. The van der Waals surface area contributed by atoms with Crippen LogP contribution < -0.4 is 9.46 Å². The number of sulfonamides is 1. The number of halogens is 3. The summed E-state index contributed by atoms with van der Waals surface area (Å²) in [4.78, 5) is 3.28. The van der Waals surface area contributed by atoms with Gasteiger partial charge in [-0.3, -0.25) is 4.98 Å². The molecule has 1 unspecified atom stereocenters. The number of para-hydroxylation sites is 1. The molecule has 0 aliphatic carbocycles. The lowest BCUT2D eigenvalue weighted by Crippen LogP contribution is -2.28. The molecular formula is C14H13F3N2O3S. The fraction of sp³-hybridized carbons (Fsp3) is 0.214. The van der Waals surface area contributed by atoms with Crippen LogP contribution in [0.4, 0.5) is 13.2 Å². The lowest BCUT2D eigenvalue weighted by molar-refractivity contribution is -0.275. The van der Waals surface area contributed by atoms with E-state index < -0.39 is 33.1 Å². The van der Waals surface area contributed by atoms with Gasteiger partial charge in [-0.2, -0.15) is 0 Å². The van der Waals surface area contributed by atoms with Gasteiger partial charge in [0.15, 0.2) is 0 Å². The lowest BCUT2D eigenvalue weighted by Gasteiger charge is -2.17. The largest absolute Gasteiger partial charge is 0.573 e. The van der Waals surface area contributed by atoms with Crippen LogP contribution in [-0.2, 0) is 10.0 Å². The van der Waals surface area contributed by atoms with E-state index in [2.05, 4.69) is 14.4 Å². The fourth-order valence-electron chi connectivity index (χ4n) is 1.88. The predicted molar refractivity (Wildman–Crippen MR) is 76.1 cm³/mol. The minimum Gasteiger partial charge on any atom is -0.404 e.